The van der Waals surface area contributed by atoms with Gasteiger partial charge in [-0.05, 0) is 31.0 Å². The fraction of sp³-hybridized carbons (Fsp3) is 0.278. The molecular formula is C18H18ClN5O. The van der Waals surface area contributed by atoms with E-state index < -0.39 is 0 Å². The van der Waals surface area contributed by atoms with Gasteiger partial charge in [0.1, 0.15) is 5.65 Å². The van der Waals surface area contributed by atoms with Crippen LogP contribution in [0.25, 0.3) is 11.0 Å². The molecule has 0 radical (unpaired) electrons. The second-order valence-corrected chi connectivity index (χ2v) is 6.57. The highest BCUT2D eigenvalue weighted by Crippen LogP contribution is 2.27. The van der Waals surface area contributed by atoms with E-state index in [2.05, 4.69) is 20.3 Å². The highest BCUT2D eigenvalue weighted by atomic mass is 35.5. The number of amides is 1. The maximum atomic E-state index is 12.9. The molecule has 0 aromatic carbocycles. The zero-order chi connectivity index (χ0) is 17.2. The van der Waals surface area contributed by atoms with Crippen LogP contribution in [0.15, 0.2) is 43.0 Å². The minimum absolute atomic E-state index is 0.00325. The molecule has 3 aromatic heterocycles. The van der Waals surface area contributed by atoms with E-state index in [1.54, 1.807) is 30.9 Å². The van der Waals surface area contributed by atoms with Crippen LogP contribution < -0.4 is 5.32 Å². The minimum atomic E-state index is 0.00325. The van der Waals surface area contributed by atoms with E-state index >= 15 is 0 Å². The van der Waals surface area contributed by atoms with Crippen molar-refractivity contribution in [2.45, 2.75) is 18.9 Å². The molecule has 0 spiro atoms. The molecule has 0 bridgehead atoms. The van der Waals surface area contributed by atoms with E-state index in [0.717, 1.165) is 18.5 Å². The normalized spacial score (nSPS) is 15.5. The molecule has 128 valence electrons. The largest absolute Gasteiger partial charge is 0.382 e. The number of rotatable bonds is 3. The number of pyridine rings is 2. The first-order valence-electron chi connectivity index (χ1n) is 8.30. The lowest BCUT2D eigenvalue weighted by atomic mass is 10.0. The maximum absolute atomic E-state index is 12.9. The maximum Gasteiger partial charge on any atom is 0.256 e. The summed E-state index contributed by atoms with van der Waals surface area (Å²) in [6, 6.07) is 5.98. The Morgan fingerprint density at radius 2 is 1.96 bits per heavy atom. The second-order valence-electron chi connectivity index (χ2n) is 6.17. The Hall–Kier alpha value is -2.60. The third-order valence-corrected chi connectivity index (χ3v) is 4.90. The molecular weight excluding hydrogens is 338 g/mol. The van der Waals surface area contributed by atoms with Crippen molar-refractivity contribution in [2.24, 2.45) is 0 Å². The number of halogens is 1. The quantitative estimate of drug-likeness (QED) is 0.755. The highest BCUT2D eigenvalue weighted by Gasteiger charge is 2.26. The van der Waals surface area contributed by atoms with Crippen molar-refractivity contribution in [3.63, 3.8) is 0 Å². The number of hydrogen-bond donors (Lipinski definition) is 2. The summed E-state index contributed by atoms with van der Waals surface area (Å²) in [5.41, 5.74) is 2.30. The van der Waals surface area contributed by atoms with Crippen LogP contribution in [0.4, 0.5) is 5.69 Å². The number of likely N-dealkylation sites (tertiary alicyclic amines) is 1. The molecule has 25 heavy (non-hydrogen) atoms. The fourth-order valence-corrected chi connectivity index (χ4v) is 3.51. The average molecular weight is 356 g/mol. The van der Waals surface area contributed by atoms with E-state index in [1.807, 2.05) is 17.0 Å². The topological polar surface area (TPSA) is 73.9 Å². The van der Waals surface area contributed by atoms with Crippen molar-refractivity contribution in [3.05, 3.63) is 53.6 Å². The number of hydrogen-bond acceptors (Lipinski definition) is 4. The van der Waals surface area contributed by atoms with Crippen LogP contribution in [0.2, 0.25) is 5.02 Å². The van der Waals surface area contributed by atoms with Gasteiger partial charge < -0.3 is 15.2 Å². The Labute approximate surface area is 150 Å². The average Bonchev–Trinajstić information content (AvgIpc) is 3.08. The Kier molecular flexibility index (Phi) is 4.28. The minimum Gasteiger partial charge on any atom is -0.382 e. The molecule has 0 unspecified atom stereocenters. The summed E-state index contributed by atoms with van der Waals surface area (Å²) in [5, 5.41) is 4.74. The van der Waals surface area contributed by atoms with Gasteiger partial charge in [-0.15, -0.1) is 0 Å². The van der Waals surface area contributed by atoms with Crippen LogP contribution in [0.5, 0.6) is 0 Å². The standard InChI is InChI=1S/C18H18ClN5O/c19-15-3-8-21-17-16(15)14(11-22-17)18(25)24-9-4-13(5-10-24)23-12-1-6-20-7-2-12/h1-3,6-8,11,13H,4-5,9-10H2,(H,20,23)(H,21,22). The number of nitrogens with zero attached hydrogens (tertiary/aromatic N) is 3. The van der Waals surface area contributed by atoms with Crippen LogP contribution in [0, 0.1) is 0 Å². The van der Waals surface area contributed by atoms with Crippen LogP contribution in [0.1, 0.15) is 23.2 Å². The lowest BCUT2D eigenvalue weighted by molar-refractivity contribution is 0.0720. The van der Waals surface area contributed by atoms with Crippen molar-refractivity contribution < 1.29 is 4.79 Å². The molecule has 6 nitrogen and oxygen atoms in total. The summed E-state index contributed by atoms with van der Waals surface area (Å²) in [4.78, 5) is 26.0. The number of anilines is 1. The third kappa shape index (κ3) is 3.17. The highest BCUT2D eigenvalue weighted by molar-refractivity contribution is 6.36. The molecule has 4 heterocycles. The Balaban J connectivity index is 1.44. The number of aromatic nitrogens is 3. The van der Waals surface area contributed by atoms with Crippen LogP contribution in [-0.4, -0.2) is 44.9 Å². The summed E-state index contributed by atoms with van der Waals surface area (Å²) in [5.74, 6) is 0.00325. The van der Waals surface area contributed by atoms with Gasteiger partial charge in [0.25, 0.3) is 5.91 Å². The predicted octanol–water partition coefficient (Wildman–Crippen LogP) is 3.33. The molecule has 1 aliphatic heterocycles. The second kappa shape index (κ2) is 6.72. The van der Waals surface area contributed by atoms with E-state index in [4.69, 9.17) is 11.6 Å². The lowest BCUT2D eigenvalue weighted by Gasteiger charge is -2.32. The van der Waals surface area contributed by atoms with Crippen molar-refractivity contribution in [2.75, 3.05) is 18.4 Å². The molecule has 1 aliphatic rings. The smallest absolute Gasteiger partial charge is 0.256 e. The van der Waals surface area contributed by atoms with Gasteiger partial charge in [0.05, 0.1) is 16.0 Å². The molecule has 0 saturated carbocycles. The summed E-state index contributed by atoms with van der Waals surface area (Å²) < 4.78 is 0. The Morgan fingerprint density at radius 3 is 2.72 bits per heavy atom. The number of piperidine rings is 1. The van der Waals surface area contributed by atoms with Crippen LogP contribution >= 0.6 is 11.6 Å². The van der Waals surface area contributed by atoms with E-state index in [1.165, 1.54) is 0 Å². The molecule has 1 fully saturated rings. The van der Waals surface area contributed by atoms with Gasteiger partial charge >= 0.3 is 0 Å². The SMILES string of the molecule is O=C(c1c[nH]c2nccc(Cl)c12)N1CCC(Nc2ccncc2)CC1. The lowest BCUT2D eigenvalue weighted by Crippen LogP contribution is -2.42. The van der Waals surface area contributed by atoms with Gasteiger partial charge in [0.2, 0.25) is 0 Å². The number of carbonyl (C=O) groups excluding carboxylic acids is 1. The summed E-state index contributed by atoms with van der Waals surface area (Å²) >= 11 is 6.25. The third-order valence-electron chi connectivity index (χ3n) is 4.59. The van der Waals surface area contributed by atoms with Gasteiger partial charge in [0, 0.05) is 49.6 Å². The summed E-state index contributed by atoms with van der Waals surface area (Å²) in [6.45, 7) is 1.43. The fourth-order valence-electron chi connectivity index (χ4n) is 3.27. The number of fused-ring (bicyclic) bond motifs is 1. The predicted molar refractivity (Wildman–Crippen MR) is 97.9 cm³/mol. The zero-order valence-corrected chi connectivity index (χ0v) is 14.3. The monoisotopic (exact) mass is 355 g/mol. The van der Waals surface area contributed by atoms with Crippen molar-refractivity contribution in [1.29, 1.82) is 0 Å². The van der Waals surface area contributed by atoms with Gasteiger partial charge in [-0.25, -0.2) is 4.98 Å². The number of carbonyl (C=O) groups is 1. The van der Waals surface area contributed by atoms with E-state index in [9.17, 15) is 4.79 Å². The molecule has 1 saturated heterocycles. The zero-order valence-electron chi connectivity index (χ0n) is 13.6. The number of nitrogens with one attached hydrogen (secondary N) is 2. The van der Waals surface area contributed by atoms with Crippen molar-refractivity contribution in [1.82, 2.24) is 19.9 Å². The van der Waals surface area contributed by atoms with Crippen LogP contribution in [0.3, 0.4) is 0 Å². The van der Waals surface area contributed by atoms with Gasteiger partial charge in [-0.2, -0.15) is 0 Å². The number of aromatic amines is 1. The molecule has 4 rings (SSSR count). The van der Waals surface area contributed by atoms with E-state index in [0.29, 0.717) is 40.8 Å². The van der Waals surface area contributed by atoms with Gasteiger partial charge in [-0.1, -0.05) is 11.6 Å². The molecule has 0 aliphatic carbocycles. The Morgan fingerprint density at radius 1 is 1.20 bits per heavy atom. The molecule has 3 aromatic rings. The van der Waals surface area contributed by atoms with Crippen LogP contribution in [-0.2, 0) is 0 Å². The molecule has 1 amide bonds. The first kappa shape index (κ1) is 15.9. The molecule has 7 heteroatoms. The molecule has 0 atom stereocenters. The van der Waals surface area contributed by atoms with E-state index in [-0.39, 0.29) is 5.91 Å². The first-order valence-corrected chi connectivity index (χ1v) is 8.67. The first-order chi connectivity index (χ1) is 12.2. The molecule has 2 N–H and O–H groups in total. The van der Waals surface area contributed by atoms with Crippen molar-refractivity contribution >= 4 is 34.2 Å². The van der Waals surface area contributed by atoms with Gasteiger partial charge in [0.15, 0.2) is 0 Å². The summed E-state index contributed by atoms with van der Waals surface area (Å²) in [7, 11) is 0. The Bertz CT molecular complexity index is 887. The van der Waals surface area contributed by atoms with Gasteiger partial charge in [-0.3, -0.25) is 9.78 Å². The van der Waals surface area contributed by atoms with Crippen molar-refractivity contribution in [3.8, 4) is 0 Å². The number of H-pyrrole nitrogens is 1. The summed E-state index contributed by atoms with van der Waals surface area (Å²) in [6.07, 6.45) is 8.69.